The largest absolute Gasteiger partial charge is 0.397 e. The number of morpholine rings is 1. The van der Waals surface area contributed by atoms with Crippen molar-refractivity contribution < 1.29 is 9.53 Å². The molecule has 0 bridgehead atoms. The number of rotatable bonds is 4. The van der Waals surface area contributed by atoms with Crippen LogP contribution in [-0.4, -0.2) is 51.8 Å². The van der Waals surface area contributed by atoms with Crippen LogP contribution in [0.15, 0.2) is 43.0 Å². The summed E-state index contributed by atoms with van der Waals surface area (Å²) in [7, 11) is 0. The van der Waals surface area contributed by atoms with Crippen LogP contribution < -0.4 is 16.0 Å². The molecule has 0 aromatic carbocycles. The molecule has 32 heavy (non-hydrogen) atoms. The standard InChI is InChI=1S/C21H21N7O2S.ClH/c1-13-17(9-15(22)10-24-13)26-20(29)16-11-25-28-12-18(31-21(16)28)14-2-3-23-19(8-14)27-4-6-30-7-5-27;/h2-3,8-12H,4-7,22H2,1H3,(H,26,29);1H. The summed E-state index contributed by atoms with van der Waals surface area (Å²) in [4.78, 5) is 25.6. The van der Waals surface area contributed by atoms with Gasteiger partial charge in [0.2, 0.25) is 0 Å². The molecule has 3 N–H and O–H groups in total. The highest BCUT2D eigenvalue weighted by molar-refractivity contribution is 7.21. The molecule has 0 atom stereocenters. The van der Waals surface area contributed by atoms with Crippen LogP contribution in [0.5, 0.6) is 0 Å². The Balaban J connectivity index is 0.00000245. The SMILES string of the molecule is Cc1ncc(N)cc1NC(=O)c1cnn2cc(-c3ccnc(N4CCOCC4)c3)sc12.Cl. The van der Waals surface area contributed by atoms with Gasteiger partial charge in [0, 0.05) is 25.5 Å². The van der Waals surface area contributed by atoms with Gasteiger partial charge in [-0.2, -0.15) is 5.10 Å². The predicted molar refractivity (Wildman–Crippen MR) is 128 cm³/mol. The lowest BCUT2D eigenvalue weighted by atomic mass is 10.2. The lowest BCUT2D eigenvalue weighted by Crippen LogP contribution is -2.36. The van der Waals surface area contributed by atoms with E-state index in [9.17, 15) is 4.79 Å². The van der Waals surface area contributed by atoms with Crippen LogP contribution in [0.3, 0.4) is 0 Å². The molecule has 1 fully saturated rings. The van der Waals surface area contributed by atoms with Gasteiger partial charge in [-0.25, -0.2) is 9.50 Å². The number of fused-ring (bicyclic) bond motifs is 1. The summed E-state index contributed by atoms with van der Waals surface area (Å²) in [6, 6.07) is 5.74. The zero-order valence-electron chi connectivity index (χ0n) is 17.3. The Morgan fingerprint density at radius 1 is 1.22 bits per heavy atom. The zero-order chi connectivity index (χ0) is 21.4. The van der Waals surface area contributed by atoms with Crippen molar-refractivity contribution in [2.75, 3.05) is 42.3 Å². The van der Waals surface area contributed by atoms with Crippen molar-refractivity contribution in [3.8, 4) is 10.4 Å². The first kappa shape index (κ1) is 22.0. The minimum atomic E-state index is -0.248. The average Bonchev–Trinajstić information content (AvgIpc) is 3.38. The summed E-state index contributed by atoms with van der Waals surface area (Å²) in [6.45, 7) is 4.89. The Hall–Kier alpha value is -3.21. The summed E-state index contributed by atoms with van der Waals surface area (Å²) < 4.78 is 7.16. The average molecular weight is 472 g/mol. The molecule has 4 aromatic rings. The molecular formula is C21H22ClN7O2S. The highest BCUT2D eigenvalue weighted by atomic mass is 35.5. The topological polar surface area (TPSA) is 111 Å². The predicted octanol–water partition coefficient (Wildman–Crippen LogP) is 3.25. The summed E-state index contributed by atoms with van der Waals surface area (Å²) in [6.07, 6.45) is 6.88. The van der Waals surface area contributed by atoms with Gasteiger partial charge >= 0.3 is 0 Å². The Kier molecular flexibility index (Phi) is 6.26. The number of pyridine rings is 2. The number of nitrogen functional groups attached to an aromatic ring is 1. The van der Waals surface area contributed by atoms with Gasteiger partial charge in [-0.05, 0) is 30.7 Å². The molecular weight excluding hydrogens is 450 g/mol. The van der Waals surface area contributed by atoms with Crippen LogP contribution in [0.2, 0.25) is 0 Å². The van der Waals surface area contributed by atoms with E-state index in [2.05, 4.69) is 31.3 Å². The fraction of sp³-hybridized carbons (Fsp3) is 0.238. The van der Waals surface area contributed by atoms with E-state index in [1.807, 2.05) is 25.4 Å². The van der Waals surface area contributed by atoms with Gasteiger partial charge in [-0.15, -0.1) is 23.7 Å². The lowest BCUT2D eigenvalue weighted by Gasteiger charge is -2.27. The zero-order valence-corrected chi connectivity index (χ0v) is 18.9. The molecule has 4 aromatic heterocycles. The van der Waals surface area contributed by atoms with Crippen LogP contribution in [0, 0.1) is 6.92 Å². The quantitative estimate of drug-likeness (QED) is 0.470. The van der Waals surface area contributed by atoms with Gasteiger partial charge < -0.3 is 20.7 Å². The number of nitrogens with zero attached hydrogens (tertiary/aromatic N) is 5. The smallest absolute Gasteiger partial charge is 0.260 e. The number of anilines is 3. The summed E-state index contributed by atoms with van der Waals surface area (Å²) in [5.74, 6) is 0.678. The van der Waals surface area contributed by atoms with Gasteiger partial charge in [0.05, 0.1) is 53.1 Å². The van der Waals surface area contributed by atoms with E-state index >= 15 is 0 Å². The van der Waals surface area contributed by atoms with E-state index in [0.29, 0.717) is 35.8 Å². The molecule has 0 unspecified atom stereocenters. The first-order valence-corrected chi connectivity index (χ1v) is 10.7. The first-order chi connectivity index (χ1) is 15.1. The molecule has 0 aliphatic carbocycles. The number of amides is 1. The molecule has 0 spiro atoms. The molecule has 9 nitrogen and oxygen atoms in total. The number of carbonyl (C=O) groups is 1. The fourth-order valence-corrected chi connectivity index (χ4v) is 4.53. The molecule has 1 aliphatic heterocycles. The number of ether oxygens (including phenoxy) is 1. The van der Waals surface area contributed by atoms with E-state index < -0.39 is 0 Å². The molecule has 1 saturated heterocycles. The number of nitrogens with two attached hydrogens (primary N) is 1. The van der Waals surface area contributed by atoms with Gasteiger partial charge in [-0.1, -0.05) is 0 Å². The minimum absolute atomic E-state index is 0. The number of hydrogen-bond acceptors (Lipinski definition) is 8. The second-order valence-corrected chi connectivity index (χ2v) is 8.29. The normalized spacial score (nSPS) is 13.7. The molecule has 5 rings (SSSR count). The van der Waals surface area contributed by atoms with Crippen molar-refractivity contribution in [3.63, 3.8) is 0 Å². The van der Waals surface area contributed by atoms with E-state index in [0.717, 1.165) is 34.2 Å². The van der Waals surface area contributed by atoms with Crippen molar-refractivity contribution >= 4 is 51.7 Å². The van der Waals surface area contributed by atoms with Gasteiger partial charge in [0.1, 0.15) is 10.6 Å². The molecule has 166 valence electrons. The molecule has 0 saturated carbocycles. The maximum atomic E-state index is 12.9. The molecule has 0 radical (unpaired) electrons. The number of nitrogens with one attached hydrogen (secondary N) is 1. The van der Waals surface area contributed by atoms with E-state index in [-0.39, 0.29) is 18.3 Å². The lowest BCUT2D eigenvalue weighted by molar-refractivity contribution is 0.102. The number of thiazole rings is 1. The minimum Gasteiger partial charge on any atom is -0.397 e. The third kappa shape index (κ3) is 4.24. The van der Waals surface area contributed by atoms with E-state index in [1.165, 1.54) is 11.3 Å². The van der Waals surface area contributed by atoms with Crippen molar-refractivity contribution in [2.24, 2.45) is 0 Å². The second kappa shape index (κ2) is 9.11. The van der Waals surface area contributed by atoms with Gasteiger partial charge in [0.25, 0.3) is 5.91 Å². The van der Waals surface area contributed by atoms with Crippen LogP contribution in [0.4, 0.5) is 17.2 Å². The summed E-state index contributed by atoms with van der Waals surface area (Å²) in [5, 5.41) is 7.25. The fourth-order valence-electron chi connectivity index (χ4n) is 3.48. The Labute approximate surface area is 194 Å². The van der Waals surface area contributed by atoms with E-state index in [4.69, 9.17) is 10.5 Å². The molecule has 11 heteroatoms. The van der Waals surface area contributed by atoms with Crippen LogP contribution in [-0.2, 0) is 4.74 Å². The van der Waals surface area contributed by atoms with Gasteiger partial charge in [0.15, 0.2) is 0 Å². The maximum Gasteiger partial charge on any atom is 0.260 e. The Morgan fingerprint density at radius 2 is 2.03 bits per heavy atom. The highest BCUT2D eigenvalue weighted by Crippen LogP contribution is 2.32. The number of hydrogen-bond donors (Lipinski definition) is 2. The Morgan fingerprint density at radius 3 is 2.84 bits per heavy atom. The van der Waals surface area contributed by atoms with Crippen LogP contribution >= 0.6 is 23.7 Å². The first-order valence-electron chi connectivity index (χ1n) is 9.88. The molecule has 1 amide bonds. The van der Waals surface area contributed by atoms with Crippen LogP contribution in [0.1, 0.15) is 16.1 Å². The number of carbonyl (C=O) groups excluding carboxylic acids is 1. The van der Waals surface area contributed by atoms with Gasteiger partial charge in [-0.3, -0.25) is 9.78 Å². The molecule has 5 heterocycles. The summed E-state index contributed by atoms with van der Waals surface area (Å²) in [5.41, 5.74) is 9.12. The monoisotopic (exact) mass is 471 g/mol. The van der Waals surface area contributed by atoms with Crippen LogP contribution in [0.25, 0.3) is 15.3 Å². The second-order valence-electron chi connectivity index (χ2n) is 7.26. The highest BCUT2D eigenvalue weighted by Gasteiger charge is 2.18. The number of halogens is 1. The summed E-state index contributed by atoms with van der Waals surface area (Å²) >= 11 is 1.51. The van der Waals surface area contributed by atoms with Crippen molar-refractivity contribution in [3.05, 3.63) is 54.2 Å². The van der Waals surface area contributed by atoms with Crippen molar-refractivity contribution in [1.29, 1.82) is 0 Å². The third-order valence-corrected chi connectivity index (χ3v) is 6.32. The third-order valence-electron chi connectivity index (χ3n) is 5.16. The van der Waals surface area contributed by atoms with E-state index in [1.54, 1.807) is 23.0 Å². The number of aryl methyl sites for hydroxylation is 1. The maximum absolute atomic E-state index is 12.9. The van der Waals surface area contributed by atoms with Crippen molar-refractivity contribution in [1.82, 2.24) is 19.6 Å². The molecule has 1 aliphatic rings. The number of aromatic nitrogens is 4. The Bertz CT molecular complexity index is 1270. The van der Waals surface area contributed by atoms with Crippen molar-refractivity contribution in [2.45, 2.75) is 6.92 Å².